The van der Waals surface area contributed by atoms with E-state index in [1.165, 1.54) is 0 Å². The molecule has 0 aliphatic heterocycles. The highest BCUT2D eigenvalue weighted by molar-refractivity contribution is 7.80. The second kappa shape index (κ2) is 5.01. The molecule has 3 nitrogen and oxygen atoms in total. The zero-order chi connectivity index (χ0) is 10.6. The van der Waals surface area contributed by atoms with Crippen LogP contribution in [0.15, 0.2) is 18.2 Å². The average molecular weight is 246 g/mol. The fourth-order valence-corrected chi connectivity index (χ4v) is 1.25. The van der Waals surface area contributed by atoms with E-state index in [1.54, 1.807) is 24.4 Å². The Balaban J connectivity index is 2.74. The van der Waals surface area contributed by atoms with Crippen LogP contribution in [0.25, 0.3) is 0 Å². The van der Waals surface area contributed by atoms with Crippen LogP contribution in [-0.4, -0.2) is 5.11 Å². The molecule has 0 spiro atoms. The largest absolute Gasteiger partial charge is 0.332 e. The van der Waals surface area contributed by atoms with Gasteiger partial charge in [-0.1, -0.05) is 23.2 Å². The third-order valence-electron chi connectivity index (χ3n) is 1.35. The summed E-state index contributed by atoms with van der Waals surface area (Å²) in [5.74, 6) is 0. The molecule has 0 aliphatic carbocycles. The van der Waals surface area contributed by atoms with Crippen LogP contribution in [0, 0.1) is 11.5 Å². The number of hydrogen-bond donors (Lipinski definition) is 2. The summed E-state index contributed by atoms with van der Waals surface area (Å²) in [6.07, 6.45) is 1.70. The Labute approximate surface area is 96.6 Å². The van der Waals surface area contributed by atoms with Crippen LogP contribution >= 0.6 is 35.4 Å². The molecule has 1 rings (SSSR count). The molecule has 0 bridgehead atoms. The number of thiocarbonyl (C=S) groups is 1. The molecule has 0 amide bonds. The van der Waals surface area contributed by atoms with Crippen molar-refractivity contribution < 1.29 is 0 Å². The summed E-state index contributed by atoms with van der Waals surface area (Å²) in [5.41, 5.74) is 0.673. The number of hydrogen-bond acceptors (Lipinski definition) is 2. The number of nitriles is 1. The molecule has 0 saturated carbocycles. The van der Waals surface area contributed by atoms with Gasteiger partial charge in [0.25, 0.3) is 0 Å². The number of nitrogens with zero attached hydrogens (tertiary/aromatic N) is 1. The monoisotopic (exact) mass is 245 g/mol. The van der Waals surface area contributed by atoms with Crippen LogP contribution in [-0.2, 0) is 0 Å². The molecule has 1 aromatic carbocycles. The van der Waals surface area contributed by atoms with Crippen molar-refractivity contribution in [3.63, 3.8) is 0 Å². The second-order valence-electron chi connectivity index (χ2n) is 2.32. The van der Waals surface area contributed by atoms with E-state index in [0.717, 1.165) is 0 Å². The maximum absolute atomic E-state index is 8.28. The summed E-state index contributed by atoms with van der Waals surface area (Å²) in [7, 11) is 0. The van der Waals surface area contributed by atoms with Crippen molar-refractivity contribution in [2.45, 2.75) is 0 Å². The fourth-order valence-electron chi connectivity index (χ4n) is 0.787. The van der Waals surface area contributed by atoms with E-state index in [4.69, 9.17) is 40.7 Å². The minimum absolute atomic E-state index is 0.214. The van der Waals surface area contributed by atoms with E-state index >= 15 is 0 Å². The fraction of sp³-hybridized carbons (Fsp3) is 0. The molecular weight excluding hydrogens is 241 g/mol. The highest BCUT2D eigenvalue weighted by Gasteiger charge is 2.00. The molecule has 0 fully saturated rings. The predicted molar refractivity (Wildman–Crippen MR) is 61.4 cm³/mol. The van der Waals surface area contributed by atoms with Crippen molar-refractivity contribution in [1.29, 1.82) is 5.26 Å². The van der Waals surface area contributed by atoms with Crippen molar-refractivity contribution >= 4 is 46.2 Å². The molecule has 0 atom stereocenters. The summed E-state index contributed by atoms with van der Waals surface area (Å²) in [6, 6.07) is 4.97. The standard InChI is InChI=1S/C8H5Cl2N3S/c9-6-2-1-5(3-7(6)10)13-8(14)12-4-11/h1-3H,(H2,12,13,14). The molecule has 0 saturated heterocycles. The number of anilines is 1. The van der Waals surface area contributed by atoms with Crippen LogP contribution < -0.4 is 10.6 Å². The van der Waals surface area contributed by atoms with E-state index in [2.05, 4.69) is 10.6 Å². The Hall–Kier alpha value is -1.02. The van der Waals surface area contributed by atoms with Gasteiger partial charge >= 0.3 is 0 Å². The van der Waals surface area contributed by atoms with Crippen LogP contribution in [0.4, 0.5) is 5.69 Å². The summed E-state index contributed by atoms with van der Waals surface area (Å²) < 4.78 is 0. The summed E-state index contributed by atoms with van der Waals surface area (Å²) in [4.78, 5) is 0. The molecule has 1 aromatic rings. The predicted octanol–water partition coefficient (Wildman–Crippen LogP) is 2.76. The van der Waals surface area contributed by atoms with Gasteiger partial charge in [-0.15, -0.1) is 0 Å². The van der Waals surface area contributed by atoms with Crippen molar-refractivity contribution in [1.82, 2.24) is 5.32 Å². The lowest BCUT2D eigenvalue weighted by Gasteiger charge is -2.06. The quantitative estimate of drug-likeness (QED) is 0.454. The molecule has 0 radical (unpaired) electrons. The van der Waals surface area contributed by atoms with Gasteiger partial charge in [-0.05, 0) is 30.4 Å². The van der Waals surface area contributed by atoms with E-state index in [-0.39, 0.29) is 5.11 Å². The lowest BCUT2D eigenvalue weighted by molar-refractivity contribution is 1.28. The topological polar surface area (TPSA) is 47.9 Å². The van der Waals surface area contributed by atoms with E-state index in [0.29, 0.717) is 15.7 Å². The highest BCUT2D eigenvalue weighted by Crippen LogP contribution is 2.24. The third-order valence-corrected chi connectivity index (χ3v) is 2.29. The van der Waals surface area contributed by atoms with Gasteiger partial charge in [0.05, 0.1) is 10.0 Å². The molecule has 0 unspecified atom stereocenters. The van der Waals surface area contributed by atoms with Gasteiger partial charge in [-0.2, -0.15) is 5.26 Å². The Kier molecular flexibility index (Phi) is 3.96. The molecule has 0 heterocycles. The normalized spacial score (nSPS) is 8.93. The van der Waals surface area contributed by atoms with Gasteiger partial charge in [0.2, 0.25) is 0 Å². The summed E-state index contributed by atoms with van der Waals surface area (Å²) in [6.45, 7) is 0. The number of rotatable bonds is 1. The minimum atomic E-state index is 0.214. The van der Waals surface area contributed by atoms with Crippen LogP contribution in [0.2, 0.25) is 10.0 Å². The first kappa shape index (κ1) is 11.1. The summed E-state index contributed by atoms with van der Waals surface area (Å²) >= 11 is 16.3. The average Bonchev–Trinajstić information content (AvgIpc) is 2.12. The van der Waals surface area contributed by atoms with E-state index in [1.807, 2.05) is 0 Å². The summed E-state index contributed by atoms with van der Waals surface area (Å²) in [5, 5.41) is 14.4. The molecule has 14 heavy (non-hydrogen) atoms. The van der Waals surface area contributed by atoms with E-state index in [9.17, 15) is 0 Å². The van der Waals surface area contributed by atoms with Gasteiger partial charge in [0, 0.05) is 5.69 Å². The number of nitrogens with one attached hydrogen (secondary N) is 2. The first-order valence-corrected chi connectivity index (χ1v) is 4.71. The van der Waals surface area contributed by atoms with Crippen molar-refractivity contribution in [2.75, 3.05) is 5.32 Å². The van der Waals surface area contributed by atoms with E-state index < -0.39 is 0 Å². The maximum atomic E-state index is 8.28. The smallest absolute Gasteiger partial charge is 0.184 e. The molecule has 6 heteroatoms. The highest BCUT2D eigenvalue weighted by atomic mass is 35.5. The van der Waals surface area contributed by atoms with Crippen LogP contribution in [0.1, 0.15) is 0 Å². The Bertz CT molecular complexity index is 400. The van der Waals surface area contributed by atoms with Gasteiger partial charge in [0.1, 0.15) is 0 Å². The molecule has 0 aromatic heterocycles. The van der Waals surface area contributed by atoms with Crippen LogP contribution in [0.5, 0.6) is 0 Å². The van der Waals surface area contributed by atoms with Crippen molar-refractivity contribution in [2.24, 2.45) is 0 Å². The number of benzene rings is 1. The lowest BCUT2D eigenvalue weighted by Crippen LogP contribution is -2.23. The second-order valence-corrected chi connectivity index (χ2v) is 3.54. The molecule has 2 N–H and O–H groups in total. The first-order valence-electron chi connectivity index (χ1n) is 3.54. The Morgan fingerprint density at radius 2 is 2.07 bits per heavy atom. The first-order chi connectivity index (χ1) is 6.63. The zero-order valence-corrected chi connectivity index (χ0v) is 9.17. The Morgan fingerprint density at radius 1 is 1.36 bits per heavy atom. The minimum Gasteiger partial charge on any atom is -0.332 e. The Morgan fingerprint density at radius 3 is 2.64 bits per heavy atom. The van der Waals surface area contributed by atoms with Crippen molar-refractivity contribution in [3.05, 3.63) is 28.2 Å². The van der Waals surface area contributed by atoms with Gasteiger partial charge in [0.15, 0.2) is 11.3 Å². The molecular formula is C8H5Cl2N3S. The molecule has 72 valence electrons. The van der Waals surface area contributed by atoms with Crippen LogP contribution in [0.3, 0.4) is 0 Å². The zero-order valence-electron chi connectivity index (χ0n) is 6.84. The van der Waals surface area contributed by atoms with Gasteiger partial charge in [-0.3, -0.25) is 5.32 Å². The van der Waals surface area contributed by atoms with Gasteiger partial charge < -0.3 is 5.32 Å². The SMILES string of the molecule is N#CNC(=S)Nc1ccc(Cl)c(Cl)c1. The third kappa shape index (κ3) is 3.04. The number of halogens is 2. The van der Waals surface area contributed by atoms with Crippen molar-refractivity contribution in [3.8, 4) is 6.19 Å². The lowest BCUT2D eigenvalue weighted by atomic mass is 10.3. The molecule has 0 aliphatic rings. The van der Waals surface area contributed by atoms with Gasteiger partial charge in [-0.25, -0.2) is 0 Å². The maximum Gasteiger partial charge on any atom is 0.184 e.